The van der Waals surface area contributed by atoms with Gasteiger partial charge in [-0.1, -0.05) is 158 Å². The van der Waals surface area contributed by atoms with E-state index in [4.69, 9.17) is 15.2 Å². The van der Waals surface area contributed by atoms with Crippen molar-refractivity contribution in [2.24, 2.45) is 5.73 Å². The summed E-state index contributed by atoms with van der Waals surface area (Å²) in [6.07, 6.45) is 8.04. The van der Waals surface area contributed by atoms with Crippen molar-refractivity contribution in [1.29, 1.82) is 0 Å². The molecule has 0 aliphatic carbocycles. The van der Waals surface area contributed by atoms with Crippen molar-refractivity contribution in [3.63, 3.8) is 0 Å². The third kappa shape index (κ3) is 33.4. The lowest BCUT2D eigenvalue weighted by Crippen LogP contribution is -2.51. The SMILES string of the molecule is COC(=O)[C@H](CCNC(=O)[C@H](CCCCNC(=O)OCc1ccccc1)N(C)C(=O)Cc1ccc(NC(=O)Nc2ccccc2C)cc1)NC(=O)[C@@H]1CCCN1Cc1ccccc1.Cc1ccccc1NC(=O)Nc1ccc(CC(=O)N(C)[C@@H](CCCCNC(=O)CCCCCN)C(=O)NCC[C@H](NC(=O)[C@@H]2CCCN2Cc2ccccc2)C(=O)O)cc1. The number of ether oxygens (including phenoxy) is 2. The molecule has 123 heavy (non-hydrogen) atoms. The number of nitrogens with one attached hydrogen (secondary N) is 10. The maximum Gasteiger partial charge on any atom is 0.407 e. The van der Waals surface area contributed by atoms with E-state index in [-0.39, 0.29) is 81.3 Å². The summed E-state index contributed by atoms with van der Waals surface area (Å²) in [5.41, 5.74) is 14.2. The van der Waals surface area contributed by atoms with Gasteiger partial charge in [0.25, 0.3) is 0 Å². The first-order valence-corrected chi connectivity index (χ1v) is 42.4. The second kappa shape index (κ2) is 51.9. The highest BCUT2D eigenvalue weighted by Gasteiger charge is 2.36. The fourth-order valence-corrected chi connectivity index (χ4v) is 14.5. The highest BCUT2D eigenvalue weighted by molar-refractivity contribution is 6.01. The first-order chi connectivity index (χ1) is 59.4. The monoisotopic (exact) mass is 1690 g/mol. The first kappa shape index (κ1) is 95.9. The Morgan fingerprint density at radius 3 is 1.32 bits per heavy atom. The molecule has 658 valence electrons. The molecule has 0 aromatic heterocycles. The smallest absolute Gasteiger partial charge is 0.407 e. The van der Waals surface area contributed by atoms with Gasteiger partial charge in [-0.2, -0.15) is 0 Å². The lowest BCUT2D eigenvalue weighted by Gasteiger charge is -2.28. The number of alkyl carbamates (subject to hydrolysis) is 1. The van der Waals surface area contributed by atoms with Crippen molar-refractivity contribution in [2.45, 2.75) is 185 Å². The standard InChI is InChI=1S/C48H59N7O8.C45H62N8O7/c1-34-15-10-11-20-39(34)53-47(60)51-38-25-23-35(24-26-38)31-43(56)54(2)41(21-12-13-28-50-48(61)63-33-37-18-8-5-9-19-37)44(57)49-29-27-40(46(59)62-3)52-45(58)42-22-14-30-55(42)32-36-16-6-4-7-17-36;1-32-14-8-9-17-36(32)51-45(60)49-35-23-21-33(22-24-35)30-41(55)52(2)38(18-10-12-27-47-40(54)20-7-4-11-26-46)42(56)48-28-25-37(44(58)59)50-43(57)39-19-13-29-53(39)31-34-15-5-3-6-16-34/h4-11,15-20,23-26,40-42H,12-14,21-22,27-33H2,1-3H3,(H,49,57)(H,50,61)(H,52,58)(H2,51,53,60);3,5-6,8-9,14-17,21-24,37-39H,4,7,10-13,18-20,25-31,46H2,1-2H3,(H,47,54)(H,48,56)(H,50,57)(H,58,59)(H2,49,51,60)/t40-,41-,42-;37-,38-,39-/m00/s1. The molecule has 2 heterocycles. The lowest BCUT2D eigenvalue weighted by molar-refractivity contribution is -0.146. The summed E-state index contributed by atoms with van der Waals surface area (Å²) in [5, 5.41) is 38.1. The van der Waals surface area contributed by atoms with Crippen molar-refractivity contribution in [3.05, 3.63) is 227 Å². The van der Waals surface area contributed by atoms with Gasteiger partial charge in [0.15, 0.2) is 0 Å². The van der Waals surface area contributed by atoms with Crippen LogP contribution in [0.25, 0.3) is 0 Å². The molecule has 7 aromatic rings. The summed E-state index contributed by atoms with van der Waals surface area (Å²) in [7, 11) is 4.38. The van der Waals surface area contributed by atoms with Crippen LogP contribution in [0.5, 0.6) is 0 Å². The summed E-state index contributed by atoms with van der Waals surface area (Å²) < 4.78 is 10.3. The van der Waals surface area contributed by atoms with E-state index in [0.717, 1.165) is 73.0 Å². The van der Waals surface area contributed by atoms with Crippen LogP contribution in [-0.4, -0.2) is 199 Å². The van der Waals surface area contributed by atoms with Crippen LogP contribution in [0.2, 0.25) is 0 Å². The molecule has 2 aliphatic rings. The summed E-state index contributed by atoms with van der Waals surface area (Å²) in [6, 6.07) is 52.0. The number of likely N-dealkylation sites (tertiary alicyclic amines) is 2. The van der Waals surface area contributed by atoms with Gasteiger partial charge in [0.05, 0.1) is 32.0 Å². The summed E-state index contributed by atoms with van der Waals surface area (Å²) in [5.74, 6) is -4.02. The van der Waals surface area contributed by atoms with Crippen LogP contribution in [0.15, 0.2) is 188 Å². The van der Waals surface area contributed by atoms with Crippen LogP contribution < -0.4 is 58.9 Å². The molecule has 2 aliphatic heterocycles. The van der Waals surface area contributed by atoms with Gasteiger partial charge >= 0.3 is 30.1 Å². The van der Waals surface area contributed by atoms with E-state index in [1.807, 2.05) is 153 Å². The molecular weight excluding hydrogens is 1570 g/mol. The molecule has 7 aromatic carbocycles. The van der Waals surface area contributed by atoms with Crippen LogP contribution >= 0.6 is 0 Å². The van der Waals surface area contributed by atoms with Gasteiger partial charge in [-0.25, -0.2) is 24.0 Å². The number of hydrogen-bond acceptors (Lipinski definition) is 17. The van der Waals surface area contributed by atoms with Gasteiger partial charge < -0.3 is 83.3 Å². The number of aliphatic carboxylic acids is 1. The molecule has 0 unspecified atom stereocenters. The molecule has 9 rings (SSSR count). The molecule has 0 spiro atoms. The average Bonchev–Trinajstić information content (AvgIpc) is 1.71. The minimum absolute atomic E-state index is 0.00818. The first-order valence-electron chi connectivity index (χ1n) is 42.4. The lowest BCUT2D eigenvalue weighted by atomic mass is 10.0. The fourth-order valence-electron chi connectivity index (χ4n) is 14.5. The zero-order valence-electron chi connectivity index (χ0n) is 71.2. The molecule has 0 bridgehead atoms. The van der Waals surface area contributed by atoms with E-state index in [1.165, 1.54) is 16.9 Å². The number of para-hydroxylation sites is 2. The maximum atomic E-state index is 13.9. The summed E-state index contributed by atoms with van der Waals surface area (Å²) in [6.45, 7) is 7.91. The summed E-state index contributed by atoms with van der Waals surface area (Å²) >= 11 is 0. The predicted octanol–water partition coefficient (Wildman–Crippen LogP) is 10.5. The van der Waals surface area contributed by atoms with Gasteiger partial charge in [-0.05, 0) is 199 Å². The second-order valence-electron chi connectivity index (χ2n) is 30.9. The molecule has 0 radical (unpaired) electrons. The van der Waals surface area contributed by atoms with Gasteiger partial charge in [0.1, 0.15) is 30.8 Å². The summed E-state index contributed by atoms with van der Waals surface area (Å²) in [4.78, 5) is 163. The Balaban J connectivity index is 0.000000306. The molecule has 12 amide bonds. The van der Waals surface area contributed by atoms with Crippen LogP contribution in [0.1, 0.15) is 142 Å². The zero-order valence-corrected chi connectivity index (χ0v) is 71.2. The highest BCUT2D eigenvalue weighted by atomic mass is 16.5. The number of nitrogens with two attached hydrogens (primary N) is 1. The molecule has 6 atom stereocenters. The van der Waals surface area contributed by atoms with Gasteiger partial charge in [0.2, 0.25) is 41.4 Å². The second-order valence-corrected chi connectivity index (χ2v) is 30.9. The number of amides is 12. The third-order valence-corrected chi connectivity index (χ3v) is 21.6. The van der Waals surface area contributed by atoms with Gasteiger partial charge in [0, 0.05) is 82.5 Å². The minimum atomic E-state index is -1.22. The van der Waals surface area contributed by atoms with Crippen molar-refractivity contribution >= 4 is 94.2 Å². The van der Waals surface area contributed by atoms with Crippen molar-refractivity contribution in [1.82, 2.24) is 51.5 Å². The number of benzene rings is 7. The van der Waals surface area contributed by atoms with Crippen LogP contribution in [0.4, 0.5) is 37.1 Å². The Morgan fingerprint density at radius 2 is 0.878 bits per heavy atom. The number of carbonyl (C=O) groups is 12. The Hall–Kier alpha value is -12.5. The number of anilines is 4. The maximum absolute atomic E-state index is 13.9. The number of methoxy groups -OCH3 is 1. The molecule has 2 fully saturated rings. The topological polar surface area (TPSA) is 403 Å². The molecular formula is C93H121N15O15. The largest absolute Gasteiger partial charge is 0.480 e. The molecule has 30 heteroatoms. The predicted molar refractivity (Wildman–Crippen MR) is 472 cm³/mol. The average molecular weight is 1690 g/mol. The van der Waals surface area contributed by atoms with Crippen molar-refractivity contribution in [3.8, 4) is 0 Å². The number of unbranched alkanes of at least 4 members (excludes halogenated alkanes) is 4. The van der Waals surface area contributed by atoms with Gasteiger partial charge in [-0.3, -0.25) is 43.4 Å². The number of rotatable bonds is 45. The zero-order chi connectivity index (χ0) is 88.3. The Labute approximate surface area is 720 Å². The number of nitrogens with zero attached hydrogens (tertiary/aromatic N) is 4. The number of urea groups is 2. The van der Waals surface area contributed by atoms with E-state index in [0.29, 0.717) is 118 Å². The normalized spacial score (nSPS) is 14.5. The minimum Gasteiger partial charge on any atom is -0.480 e. The van der Waals surface area contributed by atoms with Crippen LogP contribution in [-0.2, 0) is 85.2 Å². The van der Waals surface area contributed by atoms with Crippen molar-refractivity contribution in [2.75, 3.05) is 88.3 Å². The van der Waals surface area contributed by atoms with E-state index < -0.39 is 78.2 Å². The van der Waals surface area contributed by atoms with Crippen molar-refractivity contribution < 1.29 is 72.1 Å². The van der Waals surface area contributed by atoms with E-state index in [9.17, 15) is 62.6 Å². The number of likely N-dealkylation sites (N-methyl/N-ethyl adjacent to an activating group) is 2. The van der Waals surface area contributed by atoms with E-state index >= 15 is 0 Å². The Kier molecular flexibility index (Phi) is 40.5. The number of carbonyl (C=O) groups excluding carboxylic acids is 11. The van der Waals surface area contributed by atoms with E-state index in [2.05, 4.69) is 63.0 Å². The number of aryl methyl sites for hydroxylation is 2. The molecule has 0 saturated carbocycles. The van der Waals surface area contributed by atoms with E-state index in [1.54, 1.807) is 62.6 Å². The number of hydrogen-bond donors (Lipinski definition) is 12. The number of carboxylic acids is 1. The highest BCUT2D eigenvalue weighted by Crippen LogP contribution is 2.25. The number of esters is 1. The van der Waals surface area contributed by atoms with Crippen LogP contribution in [0.3, 0.4) is 0 Å². The molecule has 2 saturated heterocycles. The van der Waals surface area contributed by atoms with Crippen LogP contribution in [0, 0.1) is 13.8 Å². The van der Waals surface area contributed by atoms with Gasteiger partial charge in [-0.15, -0.1) is 0 Å². The fraction of sp³-hybridized carbons (Fsp3) is 0.419. The quantitative estimate of drug-likeness (QED) is 0.0125. The Bertz CT molecular complexity index is 4550. The number of carboxylic acid groups (broad SMARTS) is 1. The molecule has 30 nitrogen and oxygen atoms in total. The molecule has 13 N–H and O–H groups in total. The third-order valence-electron chi connectivity index (χ3n) is 21.6. The Morgan fingerprint density at radius 1 is 0.455 bits per heavy atom.